The number of carbonyl (C=O) groups is 2. The second-order valence-electron chi connectivity index (χ2n) is 8.49. The van der Waals surface area contributed by atoms with Crippen molar-refractivity contribution in [3.63, 3.8) is 0 Å². The van der Waals surface area contributed by atoms with E-state index in [4.69, 9.17) is 17.3 Å². The number of benzene rings is 1. The number of thiophene rings is 1. The summed E-state index contributed by atoms with van der Waals surface area (Å²) >= 11 is 7.52. The van der Waals surface area contributed by atoms with E-state index in [0.717, 1.165) is 32.0 Å². The van der Waals surface area contributed by atoms with Crippen molar-refractivity contribution in [2.24, 2.45) is 0 Å². The summed E-state index contributed by atoms with van der Waals surface area (Å²) in [5, 5.41) is 0.815. The highest BCUT2D eigenvalue weighted by Gasteiger charge is 2.40. The molecule has 33 heavy (non-hydrogen) atoms. The maximum absolute atomic E-state index is 13.1. The van der Waals surface area contributed by atoms with E-state index >= 15 is 0 Å². The topological polar surface area (TPSA) is 92.4 Å². The van der Waals surface area contributed by atoms with E-state index in [2.05, 4.69) is 21.8 Å². The molecule has 1 saturated heterocycles. The first-order valence-electron chi connectivity index (χ1n) is 11.1. The Labute approximate surface area is 202 Å². The number of rotatable bonds is 7. The van der Waals surface area contributed by atoms with Crippen LogP contribution in [0.4, 0.5) is 5.82 Å². The van der Waals surface area contributed by atoms with Gasteiger partial charge >= 0.3 is 0 Å². The first-order valence-corrected chi connectivity index (χ1v) is 12.3. The second-order valence-corrected chi connectivity index (χ2v) is 10.3. The minimum Gasteiger partial charge on any atom is -0.383 e. The molecule has 2 N–H and O–H groups in total. The van der Waals surface area contributed by atoms with Crippen LogP contribution < -0.4 is 5.73 Å². The molecular weight excluding hydrogens is 458 g/mol. The highest BCUT2D eigenvalue weighted by Crippen LogP contribution is 2.28. The van der Waals surface area contributed by atoms with Gasteiger partial charge in [-0.15, -0.1) is 11.3 Å². The van der Waals surface area contributed by atoms with E-state index in [-0.39, 0.29) is 24.0 Å². The number of amides is 1. The Morgan fingerprint density at radius 3 is 2.82 bits per heavy atom. The van der Waals surface area contributed by atoms with Gasteiger partial charge < -0.3 is 15.4 Å². The fourth-order valence-electron chi connectivity index (χ4n) is 4.70. The van der Waals surface area contributed by atoms with Crippen LogP contribution in [0.15, 0.2) is 36.7 Å². The lowest BCUT2D eigenvalue weighted by Gasteiger charge is -2.49. The van der Waals surface area contributed by atoms with Crippen molar-refractivity contribution in [2.45, 2.75) is 57.8 Å². The predicted molar refractivity (Wildman–Crippen MR) is 132 cm³/mol. The van der Waals surface area contributed by atoms with Crippen molar-refractivity contribution in [2.75, 3.05) is 12.3 Å². The van der Waals surface area contributed by atoms with Gasteiger partial charge in [-0.25, -0.2) is 9.97 Å². The van der Waals surface area contributed by atoms with E-state index < -0.39 is 0 Å². The molecule has 1 fully saturated rings. The molecule has 0 radical (unpaired) electrons. The Hall–Kier alpha value is -2.55. The number of anilines is 1. The van der Waals surface area contributed by atoms with Gasteiger partial charge in [0.05, 0.1) is 21.9 Å². The monoisotopic (exact) mass is 485 g/mol. The number of nitrogens with two attached hydrogens (primary N) is 1. The number of hydrogen-bond acceptors (Lipinski definition) is 7. The zero-order chi connectivity index (χ0) is 23.5. The number of fused-ring (bicyclic) bond motifs is 1. The average Bonchev–Trinajstić information content (AvgIpc) is 3.23. The molecule has 1 aliphatic rings. The van der Waals surface area contributed by atoms with Gasteiger partial charge in [0.25, 0.3) is 0 Å². The molecule has 3 unspecified atom stereocenters. The maximum atomic E-state index is 13.1. The molecule has 1 amide bonds. The van der Waals surface area contributed by atoms with Crippen LogP contribution in [0.1, 0.15) is 37.1 Å². The van der Waals surface area contributed by atoms with Gasteiger partial charge in [0.15, 0.2) is 0 Å². The van der Waals surface area contributed by atoms with Crippen molar-refractivity contribution in [3.8, 4) is 0 Å². The third-order valence-electron chi connectivity index (χ3n) is 6.39. The van der Waals surface area contributed by atoms with Gasteiger partial charge in [0.2, 0.25) is 5.91 Å². The largest absolute Gasteiger partial charge is 0.383 e. The summed E-state index contributed by atoms with van der Waals surface area (Å²) in [5.74, 6) is 0.538. The van der Waals surface area contributed by atoms with Crippen LogP contribution >= 0.6 is 22.9 Å². The van der Waals surface area contributed by atoms with Gasteiger partial charge in [-0.2, -0.15) is 0 Å². The molecule has 0 bridgehead atoms. The minimum atomic E-state index is -0.370. The Bertz CT molecular complexity index is 1150. The van der Waals surface area contributed by atoms with E-state index in [0.29, 0.717) is 38.2 Å². The summed E-state index contributed by atoms with van der Waals surface area (Å²) in [6.07, 6.45) is 4.24. The summed E-state index contributed by atoms with van der Waals surface area (Å²) in [5.41, 5.74) is 7.77. The molecular formula is C24H28ClN5O2S. The van der Waals surface area contributed by atoms with E-state index in [9.17, 15) is 9.59 Å². The summed E-state index contributed by atoms with van der Waals surface area (Å²) < 4.78 is 0.731. The number of hydrogen-bond donors (Lipinski definition) is 1. The molecule has 3 aromatic rings. The number of halogens is 1. The molecule has 3 heterocycles. The van der Waals surface area contributed by atoms with E-state index in [1.165, 1.54) is 17.7 Å². The summed E-state index contributed by atoms with van der Waals surface area (Å²) in [4.78, 5) is 38.9. The number of aryl methyl sites for hydroxylation is 1. The van der Waals surface area contributed by atoms with Crippen molar-refractivity contribution < 1.29 is 9.59 Å². The van der Waals surface area contributed by atoms with Crippen LogP contribution in [-0.4, -0.2) is 56.6 Å². The number of nitrogen functional groups attached to an aromatic ring is 1. The number of nitrogens with zero attached hydrogens (tertiary/aromatic N) is 4. The van der Waals surface area contributed by atoms with E-state index in [1.807, 2.05) is 42.2 Å². The molecule has 3 atom stereocenters. The zero-order valence-corrected chi connectivity index (χ0v) is 20.4. The first-order chi connectivity index (χ1) is 15.9. The zero-order valence-electron chi connectivity index (χ0n) is 18.8. The van der Waals surface area contributed by atoms with Crippen LogP contribution in [0.2, 0.25) is 4.34 Å². The molecule has 0 spiro atoms. The molecule has 0 saturated carbocycles. The van der Waals surface area contributed by atoms with Crippen molar-refractivity contribution in [1.29, 1.82) is 0 Å². The molecule has 0 aliphatic carbocycles. The predicted octanol–water partition coefficient (Wildman–Crippen LogP) is 3.94. The highest BCUT2D eigenvalue weighted by atomic mass is 35.5. The molecule has 1 aromatic carbocycles. The number of aldehydes is 1. The van der Waals surface area contributed by atoms with Gasteiger partial charge in [0, 0.05) is 35.8 Å². The first kappa shape index (κ1) is 23.6. The summed E-state index contributed by atoms with van der Waals surface area (Å²) in [7, 11) is 0. The van der Waals surface area contributed by atoms with Crippen molar-refractivity contribution >= 4 is 51.9 Å². The van der Waals surface area contributed by atoms with Crippen LogP contribution in [0.3, 0.4) is 0 Å². The number of piperazine rings is 1. The molecule has 2 aromatic heterocycles. The Balaban J connectivity index is 1.50. The van der Waals surface area contributed by atoms with Crippen LogP contribution in [0.25, 0.3) is 10.9 Å². The van der Waals surface area contributed by atoms with Gasteiger partial charge in [-0.1, -0.05) is 24.6 Å². The molecule has 1 aliphatic heterocycles. The lowest BCUT2D eigenvalue weighted by Crippen LogP contribution is -2.64. The average molecular weight is 486 g/mol. The fraction of sp³-hybridized carbons (Fsp3) is 0.417. The van der Waals surface area contributed by atoms with E-state index in [1.54, 1.807) is 0 Å². The SMILES string of the molecule is CCC1C(C=O)N(Cc2ccc3c(N)ncnc3c2)C(C)CN1C(=O)CCc1ccc(Cl)s1. The Morgan fingerprint density at radius 1 is 1.30 bits per heavy atom. The van der Waals surface area contributed by atoms with Gasteiger partial charge in [-0.3, -0.25) is 9.69 Å². The third kappa shape index (κ3) is 5.03. The third-order valence-corrected chi connectivity index (χ3v) is 7.68. The molecule has 7 nitrogen and oxygen atoms in total. The number of carbonyl (C=O) groups excluding carboxylic acids is 2. The Morgan fingerprint density at radius 2 is 2.12 bits per heavy atom. The van der Waals surface area contributed by atoms with Gasteiger partial charge in [0.1, 0.15) is 18.4 Å². The van der Waals surface area contributed by atoms with Crippen LogP contribution in [0.5, 0.6) is 0 Å². The fourth-order valence-corrected chi connectivity index (χ4v) is 5.78. The Kier molecular flexibility index (Phi) is 7.26. The smallest absolute Gasteiger partial charge is 0.223 e. The maximum Gasteiger partial charge on any atom is 0.223 e. The summed E-state index contributed by atoms with van der Waals surface area (Å²) in [6, 6.07) is 9.25. The normalized spacial score (nSPS) is 21.4. The standard InChI is InChI=1S/C24H28ClN5O2S/c1-3-20-21(13-31)29(12-16-4-7-18-19(10-16)27-14-28-24(18)26)15(2)11-30(20)23(32)9-6-17-5-8-22(25)33-17/h4-5,7-8,10,13-15,20-21H,3,6,9,11-12H2,1-2H3,(H2,26,27,28). The lowest BCUT2D eigenvalue weighted by molar-refractivity contribution is -0.143. The van der Waals surface area contributed by atoms with Gasteiger partial charge in [-0.05, 0) is 49.6 Å². The molecule has 4 rings (SSSR count). The van der Waals surface area contributed by atoms with Crippen molar-refractivity contribution in [1.82, 2.24) is 19.8 Å². The second kappa shape index (κ2) is 10.2. The molecule has 9 heteroatoms. The quantitative estimate of drug-likeness (QED) is 0.509. The number of aromatic nitrogens is 2. The van der Waals surface area contributed by atoms with Crippen LogP contribution in [-0.2, 0) is 22.6 Å². The highest BCUT2D eigenvalue weighted by molar-refractivity contribution is 7.16. The molecule has 174 valence electrons. The lowest BCUT2D eigenvalue weighted by atomic mass is 9.95. The van der Waals surface area contributed by atoms with Crippen molar-refractivity contribution in [3.05, 3.63) is 51.4 Å². The minimum absolute atomic E-state index is 0.0364. The summed E-state index contributed by atoms with van der Waals surface area (Å²) in [6.45, 7) is 5.29. The van der Waals surface area contributed by atoms with Crippen LogP contribution in [0, 0.1) is 0 Å².